The topological polar surface area (TPSA) is 49.4 Å². The van der Waals surface area contributed by atoms with Gasteiger partial charge in [-0.25, -0.2) is 0 Å². The van der Waals surface area contributed by atoms with Crippen LogP contribution in [-0.2, 0) is 11.2 Å². The molecule has 0 amide bonds. The Morgan fingerprint density at radius 2 is 1.62 bits per heavy atom. The summed E-state index contributed by atoms with van der Waals surface area (Å²) in [6, 6.07) is 17.5. The number of Topliss-reactive ketones (excluding diaryl/α,β-unsaturated/α-hetero) is 2. The number of ketones is 2. The van der Waals surface area contributed by atoms with E-state index in [4.69, 9.17) is 0 Å². The van der Waals surface area contributed by atoms with Crippen molar-refractivity contribution in [3.8, 4) is 0 Å². The van der Waals surface area contributed by atoms with Gasteiger partial charge in [0.05, 0.1) is 12.1 Å². The molecule has 1 unspecified atom stereocenters. The summed E-state index contributed by atoms with van der Waals surface area (Å²) in [5.41, 5.74) is 2.09. The molecule has 0 fully saturated rings. The number of likely N-dealkylation sites (N-methyl/N-ethyl adjacent to an activating group) is 1. The molecule has 0 aliphatic rings. The lowest BCUT2D eigenvalue weighted by atomic mass is 9.80. The van der Waals surface area contributed by atoms with Crippen LogP contribution in [-0.4, -0.2) is 42.6 Å². The third-order valence-electron chi connectivity index (χ3n) is 4.89. The van der Waals surface area contributed by atoms with Gasteiger partial charge in [0.25, 0.3) is 0 Å². The average molecular weight is 352 g/mol. The van der Waals surface area contributed by atoms with Crippen LogP contribution in [0.1, 0.15) is 36.2 Å². The Morgan fingerprint density at radius 1 is 1.00 bits per heavy atom. The van der Waals surface area contributed by atoms with E-state index in [1.165, 1.54) is 0 Å². The van der Waals surface area contributed by atoms with Crippen LogP contribution in [0.4, 0.5) is 5.69 Å². The van der Waals surface area contributed by atoms with Crippen molar-refractivity contribution in [1.29, 1.82) is 0 Å². The van der Waals surface area contributed by atoms with Gasteiger partial charge in [0.1, 0.15) is 5.78 Å². The Kier molecular flexibility index (Phi) is 6.70. The maximum atomic E-state index is 13.4. The number of hydrogen-bond donors (Lipinski definition) is 1. The van der Waals surface area contributed by atoms with Crippen molar-refractivity contribution in [2.75, 3.05) is 26.0 Å². The highest BCUT2D eigenvalue weighted by molar-refractivity contribution is 6.03. The predicted molar refractivity (Wildman–Crippen MR) is 107 cm³/mol. The molecule has 2 rings (SSSR count). The zero-order valence-corrected chi connectivity index (χ0v) is 16.1. The fraction of sp³-hybridized carbons (Fsp3) is 0.364. The lowest BCUT2D eigenvalue weighted by Crippen LogP contribution is -2.52. The van der Waals surface area contributed by atoms with Crippen LogP contribution in [0.5, 0.6) is 0 Å². The van der Waals surface area contributed by atoms with Crippen LogP contribution in [0.25, 0.3) is 0 Å². The molecular weight excluding hydrogens is 324 g/mol. The Balaban J connectivity index is 2.27. The second-order valence-corrected chi connectivity index (χ2v) is 6.90. The summed E-state index contributed by atoms with van der Waals surface area (Å²) < 4.78 is 0. The minimum Gasteiger partial charge on any atom is -0.378 e. The van der Waals surface area contributed by atoms with Gasteiger partial charge in [0.15, 0.2) is 5.78 Å². The van der Waals surface area contributed by atoms with Gasteiger partial charge in [0.2, 0.25) is 0 Å². The summed E-state index contributed by atoms with van der Waals surface area (Å²) in [5.74, 6) is 0.192. The molecule has 0 saturated heterocycles. The molecule has 0 saturated carbocycles. The van der Waals surface area contributed by atoms with Crippen LogP contribution in [0.3, 0.4) is 0 Å². The largest absolute Gasteiger partial charge is 0.378 e. The molecule has 2 aromatic carbocycles. The molecule has 0 aliphatic carbocycles. The van der Waals surface area contributed by atoms with E-state index in [0.29, 0.717) is 12.0 Å². The Bertz CT molecular complexity index is 738. The van der Waals surface area contributed by atoms with Gasteiger partial charge < -0.3 is 5.32 Å². The van der Waals surface area contributed by atoms with Crippen LogP contribution in [0.2, 0.25) is 0 Å². The molecule has 0 aliphatic heterocycles. The molecule has 0 bridgehead atoms. The number of carbonyl (C=O) groups is 2. The van der Waals surface area contributed by atoms with E-state index in [2.05, 4.69) is 24.4 Å². The van der Waals surface area contributed by atoms with E-state index in [1.54, 1.807) is 6.92 Å². The van der Waals surface area contributed by atoms with Gasteiger partial charge >= 0.3 is 0 Å². The van der Waals surface area contributed by atoms with E-state index in [1.807, 2.05) is 61.5 Å². The number of nitrogens with one attached hydrogen (secondary N) is 1. The Labute approximate surface area is 156 Å². The second-order valence-electron chi connectivity index (χ2n) is 6.90. The van der Waals surface area contributed by atoms with Crippen LogP contribution in [0, 0.1) is 0 Å². The first kappa shape index (κ1) is 19.9. The first-order valence-electron chi connectivity index (χ1n) is 8.98. The number of nitrogens with zero attached hydrogens (tertiary/aromatic N) is 1. The standard InChI is InChI=1S/C22H28N2O2/c1-5-22(24(3)4,15-18-9-7-6-8-10-18)21(26)19-11-13-20(14-12-19)23-16-17(2)25/h6-14,23H,5,15-16H2,1-4H3. The molecule has 0 aromatic heterocycles. The van der Waals surface area contributed by atoms with E-state index >= 15 is 0 Å². The first-order valence-corrected chi connectivity index (χ1v) is 8.98. The lowest BCUT2D eigenvalue weighted by molar-refractivity contribution is -0.115. The fourth-order valence-corrected chi connectivity index (χ4v) is 3.21. The van der Waals surface area contributed by atoms with Crippen LogP contribution < -0.4 is 5.32 Å². The summed E-state index contributed by atoms with van der Waals surface area (Å²) >= 11 is 0. The molecule has 26 heavy (non-hydrogen) atoms. The fourth-order valence-electron chi connectivity index (χ4n) is 3.21. The van der Waals surface area contributed by atoms with E-state index < -0.39 is 5.54 Å². The lowest BCUT2D eigenvalue weighted by Gasteiger charge is -2.38. The Morgan fingerprint density at radius 3 is 2.12 bits per heavy atom. The highest BCUT2D eigenvalue weighted by atomic mass is 16.1. The Hall–Kier alpha value is -2.46. The third-order valence-corrected chi connectivity index (χ3v) is 4.89. The number of hydrogen-bond acceptors (Lipinski definition) is 4. The van der Waals surface area contributed by atoms with Gasteiger partial charge in [-0.05, 0) is 63.7 Å². The second kappa shape index (κ2) is 8.77. The molecule has 0 radical (unpaired) electrons. The van der Waals surface area contributed by atoms with E-state index in [-0.39, 0.29) is 18.1 Å². The zero-order valence-electron chi connectivity index (χ0n) is 16.1. The summed E-state index contributed by atoms with van der Waals surface area (Å²) in [7, 11) is 3.93. The molecular formula is C22H28N2O2. The number of carbonyl (C=O) groups excluding carboxylic acids is 2. The monoisotopic (exact) mass is 352 g/mol. The molecule has 0 heterocycles. The van der Waals surface area contributed by atoms with Crippen LogP contribution >= 0.6 is 0 Å². The number of anilines is 1. The van der Waals surface area contributed by atoms with Crippen molar-refractivity contribution in [2.45, 2.75) is 32.2 Å². The third kappa shape index (κ3) is 4.58. The van der Waals surface area contributed by atoms with Crippen molar-refractivity contribution in [3.05, 3.63) is 65.7 Å². The maximum Gasteiger partial charge on any atom is 0.183 e. The van der Waals surface area contributed by atoms with Crippen molar-refractivity contribution < 1.29 is 9.59 Å². The summed E-state index contributed by atoms with van der Waals surface area (Å²) in [6.45, 7) is 3.89. The number of rotatable bonds is 9. The minimum atomic E-state index is -0.588. The number of benzene rings is 2. The molecule has 4 heteroatoms. The van der Waals surface area contributed by atoms with Crippen LogP contribution in [0.15, 0.2) is 54.6 Å². The normalized spacial score (nSPS) is 13.3. The average Bonchev–Trinajstić information content (AvgIpc) is 2.65. The highest BCUT2D eigenvalue weighted by Gasteiger charge is 2.39. The highest BCUT2D eigenvalue weighted by Crippen LogP contribution is 2.28. The van der Waals surface area contributed by atoms with Gasteiger partial charge in [-0.2, -0.15) is 0 Å². The van der Waals surface area contributed by atoms with Gasteiger partial charge in [0, 0.05) is 11.3 Å². The SMILES string of the molecule is CCC(Cc1ccccc1)(C(=O)c1ccc(NCC(C)=O)cc1)N(C)C. The van der Waals surface area contributed by atoms with Gasteiger partial charge in [-0.3, -0.25) is 14.5 Å². The molecule has 4 nitrogen and oxygen atoms in total. The zero-order chi connectivity index (χ0) is 19.2. The van der Waals surface area contributed by atoms with E-state index in [0.717, 1.165) is 17.7 Å². The van der Waals surface area contributed by atoms with Crippen molar-refractivity contribution in [3.63, 3.8) is 0 Å². The maximum absolute atomic E-state index is 13.4. The van der Waals surface area contributed by atoms with E-state index in [9.17, 15) is 9.59 Å². The van der Waals surface area contributed by atoms with Crippen molar-refractivity contribution >= 4 is 17.3 Å². The van der Waals surface area contributed by atoms with Crippen molar-refractivity contribution in [2.24, 2.45) is 0 Å². The molecule has 2 aromatic rings. The summed E-state index contributed by atoms with van der Waals surface area (Å²) in [4.78, 5) is 26.5. The predicted octanol–water partition coefficient (Wildman–Crippen LogP) is 3.82. The first-order chi connectivity index (χ1) is 12.4. The summed E-state index contributed by atoms with van der Waals surface area (Å²) in [6.07, 6.45) is 1.39. The molecule has 0 spiro atoms. The molecule has 1 N–H and O–H groups in total. The van der Waals surface area contributed by atoms with Gasteiger partial charge in [-0.1, -0.05) is 37.3 Å². The smallest absolute Gasteiger partial charge is 0.183 e. The van der Waals surface area contributed by atoms with Crippen molar-refractivity contribution in [1.82, 2.24) is 4.90 Å². The minimum absolute atomic E-state index is 0.0746. The quantitative estimate of drug-likeness (QED) is 0.697. The molecule has 1 atom stereocenters. The van der Waals surface area contributed by atoms with Gasteiger partial charge in [-0.15, -0.1) is 0 Å². The summed E-state index contributed by atoms with van der Waals surface area (Å²) in [5, 5.41) is 3.05. The molecule has 138 valence electrons.